The lowest BCUT2D eigenvalue weighted by Crippen LogP contribution is -2.59. The van der Waals surface area contributed by atoms with Gasteiger partial charge in [-0.3, -0.25) is 4.90 Å². The van der Waals surface area contributed by atoms with Gasteiger partial charge in [-0.1, -0.05) is 51.1 Å². The average Bonchev–Trinajstić information content (AvgIpc) is 3.32. The van der Waals surface area contributed by atoms with E-state index in [1.54, 1.807) is 0 Å². The van der Waals surface area contributed by atoms with E-state index in [0.717, 1.165) is 44.2 Å². The topological polar surface area (TPSA) is 76.0 Å². The summed E-state index contributed by atoms with van der Waals surface area (Å²) in [5.41, 5.74) is 1.81. The molecule has 226 valence electrons. The molecule has 4 aliphatic carbocycles. The van der Waals surface area contributed by atoms with Gasteiger partial charge in [0.15, 0.2) is 0 Å². The number of aliphatic hydroxyl groups excluding tert-OH is 3. The molecule has 5 nitrogen and oxygen atoms in total. The van der Waals surface area contributed by atoms with Gasteiger partial charge in [-0.05, 0) is 123 Å². The number of benzene rings is 1. The van der Waals surface area contributed by atoms with E-state index in [9.17, 15) is 15.3 Å². The predicted octanol–water partition coefficient (Wildman–Crippen LogP) is 5.48. The molecular weight excluding hydrogens is 496 g/mol. The lowest BCUT2D eigenvalue weighted by atomic mass is 9.43. The van der Waals surface area contributed by atoms with E-state index in [0.29, 0.717) is 48.2 Å². The second-order valence-electron chi connectivity index (χ2n) is 14.7. The lowest BCUT2D eigenvalue weighted by molar-refractivity contribution is -0.169. The number of aliphatic hydroxyl groups is 3. The van der Waals surface area contributed by atoms with Crippen LogP contribution in [0.4, 0.5) is 0 Å². The van der Waals surface area contributed by atoms with Crippen LogP contribution in [0.2, 0.25) is 0 Å². The Morgan fingerprint density at radius 3 is 2.40 bits per heavy atom. The molecule has 10 atom stereocenters. The SMILES string of the molecule is C[C@H](CCCN(CCO)CCO)[C@H]1CC[C@H]2[C@@H]3CC[C@@H]4C[C@@H](NCc5ccccc5)CC[C@]4(C)[C@H]3C[C@H](O)[C@]12C. The lowest BCUT2D eigenvalue weighted by Gasteiger charge is -2.62. The average molecular weight is 555 g/mol. The number of hydrogen-bond donors (Lipinski definition) is 4. The van der Waals surface area contributed by atoms with E-state index < -0.39 is 0 Å². The van der Waals surface area contributed by atoms with Crippen molar-refractivity contribution in [2.75, 3.05) is 32.8 Å². The number of fused-ring (bicyclic) bond motifs is 5. The second kappa shape index (κ2) is 13.1. The smallest absolute Gasteiger partial charge is 0.0602 e. The maximum Gasteiger partial charge on any atom is 0.0602 e. The van der Waals surface area contributed by atoms with Crippen molar-refractivity contribution < 1.29 is 15.3 Å². The van der Waals surface area contributed by atoms with Crippen molar-refractivity contribution in [3.8, 4) is 0 Å². The Bertz CT molecular complexity index is 922. The minimum absolute atomic E-state index is 0.0497. The minimum Gasteiger partial charge on any atom is -0.395 e. The van der Waals surface area contributed by atoms with Crippen LogP contribution in [0.25, 0.3) is 0 Å². The Kier molecular flexibility index (Phi) is 10.00. The highest BCUT2D eigenvalue weighted by molar-refractivity contribution is 5.15. The summed E-state index contributed by atoms with van der Waals surface area (Å²) < 4.78 is 0. The van der Waals surface area contributed by atoms with Gasteiger partial charge in [-0.2, -0.15) is 0 Å². The molecule has 0 aromatic heterocycles. The van der Waals surface area contributed by atoms with Crippen LogP contribution in [0.3, 0.4) is 0 Å². The highest BCUT2D eigenvalue weighted by atomic mass is 16.3. The van der Waals surface area contributed by atoms with E-state index >= 15 is 0 Å². The van der Waals surface area contributed by atoms with Crippen molar-refractivity contribution in [3.05, 3.63) is 35.9 Å². The monoisotopic (exact) mass is 554 g/mol. The molecule has 0 bridgehead atoms. The summed E-state index contributed by atoms with van der Waals surface area (Å²) in [7, 11) is 0. The van der Waals surface area contributed by atoms with Gasteiger partial charge >= 0.3 is 0 Å². The van der Waals surface area contributed by atoms with Crippen molar-refractivity contribution in [3.63, 3.8) is 0 Å². The summed E-state index contributed by atoms with van der Waals surface area (Å²) in [4.78, 5) is 2.18. The molecule has 40 heavy (non-hydrogen) atoms. The van der Waals surface area contributed by atoms with E-state index in [1.165, 1.54) is 50.5 Å². The maximum absolute atomic E-state index is 11.9. The molecule has 0 amide bonds. The van der Waals surface area contributed by atoms with Crippen molar-refractivity contribution in [2.24, 2.45) is 46.3 Å². The number of nitrogens with one attached hydrogen (secondary N) is 1. The number of hydrogen-bond acceptors (Lipinski definition) is 5. The summed E-state index contributed by atoms with van der Waals surface area (Å²) >= 11 is 0. The molecule has 1 aromatic rings. The summed E-state index contributed by atoms with van der Waals surface area (Å²) in [6.45, 7) is 11.0. The van der Waals surface area contributed by atoms with E-state index in [4.69, 9.17) is 0 Å². The van der Waals surface area contributed by atoms with Crippen LogP contribution in [-0.2, 0) is 6.54 Å². The Labute approximate surface area is 244 Å². The molecule has 4 N–H and O–H groups in total. The molecule has 0 radical (unpaired) electrons. The molecule has 4 aliphatic rings. The number of nitrogens with zero attached hydrogens (tertiary/aromatic N) is 1. The zero-order chi connectivity index (χ0) is 28.3. The van der Waals surface area contributed by atoms with Crippen molar-refractivity contribution in [2.45, 2.75) is 104 Å². The van der Waals surface area contributed by atoms with Crippen LogP contribution in [0.15, 0.2) is 30.3 Å². The molecule has 0 aliphatic heterocycles. The van der Waals surface area contributed by atoms with E-state index in [1.807, 2.05) is 0 Å². The fourth-order valence-electron chi connectivity index (χ4n) is 10.7. The molecule has 0 unspecified atom stereocenters. The van der Waals surface area contributed by atoms with Crippen molar-refractivity contribution in [1.29, 1.82) is 0 Å². The fourth-order valence-corrected chi connectivity index (χ4v) is 10.7. The van der Waals surface area contributed by atoms with Crippen molar-refractivity contribution >= 4 is 0 Å². The maximum atomic E-state index is 11.9. The Hall–Kier alpha value is -0.980. The van der Waals surface area contributed by atoms with Crippen molar-refractivity contribution in [1.82, 2.24) is 10.2 Å². The van der Waals surface area contributed by atoms with Gasteiger partial charge in [0, 0.05) is 25.7 Å². The van der Waals surface area contributed by atoms with Crippen LogP contribution in [0, 0.1) is 46.3 Å². The van der Waals surface area contributed by atoms with Crippen LogP contribution in [0.5, 0.6) is 0 Å². The molecule has 4 saturated carbocycles. The minimum atomic E-state index is -0.182. The number of rotatable bonds is 12. The van der Waals surface area contributed by atoms with Gasteiger partial charge in [0.1, 0.15) is 0 Å². The van der Waals surface area contributed by atoms with Crippen LogP contribution < -0.4 is 5.32 Å². The highest BCUT2D eigenvalue weighted by Crippen LogP contribution is 2.68. The first-order valence-electron chi connectivity index (χ1n) is 16.7. The molecule has 4 fully saturated rings. The summed E-state index contributed by atoms with van der Waals surface area (Å²) in [6.07, 6.45) is 12.3. The van der Waals surface area contributed by atoms with Gasteiger partial charge < -0.3 is 20.6 Å². The molecule has 1 aromatic carbocycles. The van der Waals surface area contributed by atoms with E-state index in [2.05, 4.69) is 61.3 Å². The quantitative estimate of drug-likeness (QED) is 0.275. The van der Waals surface area contributed by atoms with E-state index in [-0.39, 0.29) is 24.7 Å². The normalized spacial score (nSPS) is 39.9. The fraction of sp³-hybridized carbons (Fsp3) is 0.829. The highest BCUT2D eigenvalue weighted by Gasteiger charge is 2.63. The summed E-state index contributed by atoms with van der Waals surface area (Å²) in [5.74, 6) is 4.11. The summed E-state index contributed by atoms with van der Waals surface area (Å²) in [6, 6.07) is 11.4. The first-order chi connectivity index (χ1) is 19.3. The molecule has 5 heteroatoms. The third-order valence-electron chi connectivity index (χ3n) is 12.9. The van der Waals surface area contributed by atoms with Crippen LogP contribution >= 0.6 is 0 Å². The first kappa shape index (κ1) is 30.5. The Balaban J connectivity index is 1.20. The molecule has 0 heterocycles. The second-order valence-corrected chi connectivity index (χ2v) is 14.7. The van der Waals surface area contributed by atoms with Gasteiger partial charge in [0.2, 0.25) is 0 Å². The zero-order valence-corrected chi connectivity index (χ0v) is 25.6. The van der Waals surface area contributed by atoms with Gasteiger partial charge in [-0.15, -0.1) is 0 Å². The first-order valence-corrected chi connectivity index (χ1v) is 16.7. The third-order valence-corrected chi connectivity index (χ3v) is 12.9. The predicted molar refractivity (Wildman–Crippen MR) is 163 cm³/mol. The molecular formula is C35H58N2O3. The van der Waals surface area contributed by atoms with Crippen LogP contribution in [-0.4, -0.2) is 65.2 Å². The van der Waals surface area contributed by atoms with Gasteiger partial charge in [-0.25, -0.2) is 0 Å². The summed E-state index contributed by atoms with van der Waals surface area (Å²) in [5, 5.41) is 34.5. The largest absolute Gasteiger partial charge is 0.395 e. The standard InChI is InChI=1S/C35H58N2O3/c1-25(8-7-17-37(18-20-38)19-21-39)30-13-14-31-29-12-11-27-22-28(36-24-26-9-5-4-6-10-26)15-16-34(27,2)32(29)23-33(40)35(30,31)3/h4-6,9-10,25,27-33,36,38-40H,7-8,11-24H2,1-3H3/t25-,27-,28+,29+,30-,31+,32+,33+,34+,35-/m1/s1. The van der Waals surface area contributed by atoms with Gasteiger partial charge in [0.25, 0.3) is 0 Å². The Morgan fingerprint density at radius 1 is 0.925 bits per heavy atom. The molecule has 0 spiro atoms. The Morgan fingerprint density at radius 2 is 1.68 bits per heavy atom. The molecule has 5 rings (SSSR count). The zero-order valence-electron chi connectivity index (χ0n) is 25.6. The molecule has 0 saturated heterocycles. The van der Waals surface area contributed by atoms with Crippen LogP contribution in [0.1, 0.15) is 90.5 Å². The third kappa shape index (κ3) is 5.93. The van der Waals surface area contributed by atoms with Gasteiger partial charge in [0.05, 0.1) is 19.3 Å².